The van der Waals surface area contributed by atoms with E-state index in [4.69, 9.17) is 11.6 Å². The SMILES string of the molecule is Fc1ccc(Cl)c(F)c1C(F)(F)F. The summed E-state index contributed by atoms with van der Waals surface area (Å²) < 4.78 is 61.0. The molecule has 1 aromatic rings. The van der Waals surface area contributed by atoms with Crippen molar-refractivity contribution in [2.75, 3.05) is 0 Å². The molecule has 0 aromatic heterocycles. The van der Waals surface area contributed by atoms with E-state index in [2.05, 4.69) is 0 Å². The molecule has 0 radical (unpaired) electrons. The highest BCUT2D eigenvalue weighted by molar-refractivity contribution is 6.30. The van der Waals surface area contributed by atoms with Crippen LogP contribution < -0.4 is 0 Å². The number of benzene rings is 1. The summed E-state index contributed by atoms with van der Waals surface area (Å²) in [5, 5.41) is -0.756. The third-order valence-corrected chi connectivity index (χ3v) is 1.62. The van der Waals surface area contributed by atoms with Gasteiger partial charge >= 0.3 is 6.18 Å². The molecule has 0 saturated carbocycles. The summed E-state index contributed by atoms with van der Waals surface area (Å²) >= 11 is 5.05. The Hall–Kier alpha value is -0.840. The Balaban J connectivity index is 3.43. The van der Waals surface area contributed by atoms with Gasteiger partial charge in [-0.05, 0) is 12.1 Å². The van der Waals surface area contributed by atoms with Crippen molar-refractivity contribution >= 4 is 11.6 Å². The Morgan fingerprint density at radius 3 is 2.00 bits per heavy atom. The van der Waals surface area contributed by atoms with Crippen LogP contribution in [0.1, 0.15) is 5.56 Å². The van der Waals surface area contributed by atoms with Crippen LogP contribution in [0.2, 0.25) is 5.02 Å². The van der Waals surface area contributed by atoms with Gasteiger partial charge in [-0.25, -0.2) is 8.78 Å². The first-order valence-electron chi connectivity index (χ1n) is 3.04. The quantitative estimate of drug-likeness (QED) is 0.459. The molecule has 1 rings (SSSR count). The highest BCUT2D eigenvalue weighted by Crippen LogP contribution is 2.35. The van der Waals surface area contributed by atoms with Crippen LogP contribution in [0, 0.1) is 11.6 Å². The molecule has 72 valence electrons. The molecule has 0 bridgehead atoms. The Bertz CT molecular complexity index is 330. The molecule has 0 fully saturated rings. The predicted octanol–water partition coefficient (Wildman–Crippen LogP) is 3.64. The lowest BCUT2D eigenvalue weighted by Gasteiger charge is -2.09. The molecule has 0 aliphatic rings. The van der Waals surface area contributed by atoms with Crippen molar-refractivity contribution in [3.05, 3.63) is 34.4 Å². The van der Waals surface area contributed by atoms with Gasteiger partial charge in [0, 0.05) is 0 Å². The maximum atomic E-state index is 12.7. The minimum Gasteiger partial charge on any atom is -0.206 e. The van der Waals surface area contributed by atoms with E-state index in [1.807, 2.05) is 0 Å². The fourth-order valence-corrected chi connectivity index (χ4v) is 0.944. The summed E-state index contributed by atoms with van der Waals surface area (Å²) in [6.07, 6.45) is -5.07. The highest BCUT2D eigenvalue weighted by Gasteiger charge is 2.38. The topological polar surface area (TPSA) is 0 Å². The first-order valence-corrected chi connectivity index (χ1v) is 3.42. The van der Waals surface area contributed by atoms with Crippen LogP contribution in [0.15, 0.2) is 12.1 Å². The number of alkyl halides is 3. The molecule has 6 heteroatoms. The lowest BCUT2D eigenvalue weighted by atomic mass is 10.2. The molecule has 0 aliphatic carbocycles. The van der Waals surface area contributed by atoms with Crippen LogP contribution >= 0.6 is 11.6 Å². The van der Waals surface area contributed by atoms with Gasteiger partial charge in [0.05, 0.1) is 5.02 Å². The fourth-order valence-electron chi connectivity index (χ4n) is 0.787. The molecule has 0 saturated heterocycles. The van der Waals surface area contributed by atoms with Gasteiger partial charge in [-0.3, -0.25) is 0 Å². The molecule has 0 atom stereocenters. The van der Waals surface area contributed by atoms with Gasteiger partial charge in [0.2, 0.25) is 0 Å². The minimum absolute atomic E-state index is 0.467. The summed E-state index contributed by atoms with van der Waals surface area (Å²) in [5.74, 6) is -3.46. The largest absolute Gasteiger partial charge is 0.422 e. The van der Waals surface area contributed by atoms with Gasteiger partial charge in [0.25, 0.3) is 0 Å². The van der Waals surface area contributed by atoms with Crippen LogP contribution in [-0.4, -0.2) is 0 Å². The smallest absolute Gasteiger partial charge is 0.206 e. The van der Waals surface area contributed by atoms with Crippen molar-refractivity contribution in [1.82, 2.24) is 0 Å². The number of hydrogen-bond donors (Lipinski definition) is 0. The average molecular weight is 217 g/mol. The molecule has 1 aromatic carbocycles. The molecule has 0 amide bonds. The molecular formula is C7H2ClF5. The molecule has 0 spiro atoms. The van der Waals surface area contributed by atoms with Crippen LogP contribution in [0.5, 0.6) is 0 Å². The van der Waals surface area contributed by atoms with Gasteiger partial charge in [0.1, 0.15) is 11.4 Å². The first kappa shape index (κ1) is 10.2. The lowest BCUT2D eigenvalue weighted by molar-refractivity contribution is -0.142. The van der Waals surface area contributed by atoms with Gasteiger partial charge in [-0.2, -0.15) is 13.2 Å². The van der Waals surface area contributed by atoms with Crippen LogP contribution in [-0.2, 0) is 6.18 Å². The third kappa shape index (κ3) is 1.91. The second-order valence-corrected chi connectivity index (χ2v) is 2.62. The molecule has 0 aliphatic heterocycles. The monoisotopic (exact) mass is 216 g/mol. The van der Waals surface area contributed by atoms with Crippen molar-refractivity contribution in [1.29, 1.82) is 0 Å². The van der Waals surface area contributed by atoms with E-state index in [1.54, 1.807) is 0 Å². The summed E-state index contributed by atoms with van der Waals surface area (Å²) in [5.41, 5.74) is -1.96. The molecule has 0 heterocycles. The van der Waals surface area contributed by atoms with Crippen LogP contribution in [0.25, 0.3) is 0 Å². The Morgan fingerprint density at radius 1 is 1.08 bits per heavy atom. The maximum absolute atomic E-state index is 12.7. The molecule has 0 nitrogen and oxygen atoms in total. The molecular weight excluding hydrogens is 215 g/mol. The van der Waals surface area contributed by atoms with Crippen molar-refractivity contribution < 1.29 is 22.0 Å². The first-order chi connectivity index (χ1) is 5.84. The summed E-state index contributed by atoms with van der Waals surface area (Å²) in [6.45, 7) is 0. The van der Waals surface area contributed by atoms with Gasteiger partial charge < -0.3 is 0 Å². The van der Waals surface area contributed by atoms with Crippen LogP contribution in [0.3, 0.4) is 0 Å². The summed E-state index contributed by atoms with van der Waals surface area (Å²) in [4.78, 5) is 0. The summed E-state index contributed by atoms with van der Waals surface area (Å²) in [6, 6.07) is 1.19. The Kier molecular flexibility index (Phi) is 2.47. The van der Waals surface area contributed by atoms with E-state index in [0.29, 0.717) is 6.07 Å². The zero-order valence-electron chi connectivity index (χ0n) is 5.92. The number of rotatable bonds is 0. The van der Waals surface area contributed by atoms with Gasteiger partial charge in [0.15, 0.2) is 5.82 Å². The normalized spacial score (nSPS) is 11.8. The van der Waals surface area contributed by atoms with E-state index < -0.39 is 28.4 Å². The standard InChI is InChI=1S/C7H2ClF5/c8-3-1-2-4(9)5(6(3)10)7(11,12)13/h1-2H. The fraction of sp³-hybridized carbons (Fsp3) is 0.143. The highest BCUT2D eigenvalue weighted by atomic mass is 35.5. The second-order valence-electron chi connectivity index (χ2n) is 2.22. The predicted molar refractivity (Wildman–Crippen MR) is 36.4 cm³/mol. The number of halogens is 6. The van der Waals surface area contributed by atoms with Gasteiger partial charge in [-0.15, -0.1) is 0 Å². The molecule has 13 heavy (non-hydrogen) atoms. The number of hydrogen-bond acceptors (Lipinski definition) is 0. The Morgan fingerprint density at radius 2 is 1.62 bits per heavy atom. The van der Waals surface area contributed by atoms with E-state index in [9.17, 15) is 22.0 Å². The average Bonchev–Trinajstić information content (AvgIpc) is 1.95. The van der Waals surface area contributed by atoms with Crippen molar-refractivity contribution in [2.45, 2.75) is 6.18 Å². The van der Waals surface area contributed by atoms with Crippen molar-refractivity contribution in [3.8, 4) is 0 Å². The second kappa shape index (κ2) is 3.14. The Labute approximate surface area is 74.9 Å². The maximum Gasteiger partial charge on any atom is 0.422 e. The van der Waals surface area contributed by atoms with E-state index in [0.717, 1.165) is 6.07 Å². The van der Waals surface area contributed by atoms with E-state index in [1.165, 1.54) is 0 Å². The molecule has 0 unspecified atom stereocenters. The van der Waals surface area contributed by atoms with Crippen LogP contribution in [0.4, 0.5) is 22.0 Å². The lowest BCUT2D eigenvalue weighted by Crippen LogP contribution is -2.11. The van der Waals surface area contributed by atoms with E-state index >= 15 is 0 Å². The zero-order valence-corrected chi connectivity index (χ0v) is 6.68. The summed E-state index contributed by atoms with van der Waals surface area (Å²) in [7, 11) is 0. The van der Waals surface area contributed by atoms with Gasteiger partial charge in [-0.1, -0.05) is 11.6 Å². The van der Waals surface area contributed by atoms with Crippen molar-refractivity contribution in [2.24, 2.45) is 0 Å². The zero-order chi connectivity index (χ0) is 10.2. The van der Waals surface area contributed by atoms with Crippen molar-refractivity contribution in [3.63, 3.8) is 0 Å². The minimum atomic E-state index is -5.07. The third-order valence-electron chi connectivity index (χ3n) is 1.33. The van der Waals surface area contributed by atoms with E-state index in [-0.39, 0.29) is 0 Å². The molecule has 0 N–H and O–H groups in total.